The Morgan fingerprint density at radius 3 is 2.78 bits per heavy atom. The summed E-state index contributed by atoms with van der Waals surface area (Å²) in [5.74, 6) is 1.98. The molecule has 0 bridgehead atoms. The first-order chi connectivity index (χ1) is 15.6. The summed E-state index contributed by atoms with van der Waals surface area (Å²) in [6.45, 7) is 4.28. The van der Waals surface area contributed by atoms with Gasteiger partial charge in [0.25, 0.3) is 0 Å². The molecular weight excluding hydrogens is 402 g/mol. The third-order valence-corrected chi connectivity index (χ3v) is 6.08. The maximum Gasteiger partial charge on any atom is 0.222 e. The number of rotatable bonds is 6. The lowest BCUT2D eigenvalue weighted by Crippen LogP contribution is -2.27. The minimum Gasteiger partial charge on any atom is -0.507 e. The second-order valence-corrected chi connectivity index (χ2v) is 8.47. The number of ether oxygens (including phenoxy) is 1. The molecule has 0 aliphatic carbocycles. The molecule has 1 amide bonds. The summed E-state index contributed by atoms with van der Waals surface area (Å²) in [7, 11) is 0. The second-order valence-electron chi connectivity index (χ2n) is 8.47. The van der Waals surface area contributed by atoms with E-state index >= 15 is 0 Å². The van der Waals surface area contributed by atoms with Crippen LogP contribution in [0.25, 0.3) is 16.9 Å². The van der Waals surface area contributed by atoms with Crippen LogP contribution in [0.15, 0.2) is 54.3 Å². The lowest BCUT2D eigenvalue weighted by molar-refractivity contribution is -0.114. The normalized spacial score (nSPS) is 17.0. The Kier molecular flexibility index (Phi) is 7.22. The van der Waals surface area contributed by atoms with Gasteiger partial charge in [0.05, 0.1) is 12.2 Å². The van der Waals surface area contributed by atoms with Gasteiger partial charge < -0.3 is 20.5 Å². The molecule has 1 aromatic carbocycles. The second kappa shape index (κ2) is 10.5. The minimum absolute atomic E-state index is 0.170. The molecule has 0 radical (unpaired) electrons. The SMILES string of the molecule is CC(=O)Nc1ccc(-c2cccc(C3=CC(CCC4CCNCC4)=CCCO3)c2O)cn1. The molecule has 32 heavy (non-hydrogen) atoms. The molecule has 4 rings (SSSR count). The zero-order chi connectivity index (χ0) is 22.3. The van der Waals surface area contributed by atoms with Gasteiger partial charge >= 0.3 is 0 Å². The van der Waals surface area contributed by atoms with Crippen molar-refractivity contribution in [3.05, 3.63) is 59.8 Å². The first-order valence-corrected chi connectivity index (χ1v) is 11.4. The summed E-state index contributed by atoms with van der Waals surface area (Å²) in [6, 6.07) is 9.23. The average Bonchev–Trinajstić information content (AvgIpc) is 3.04. The van der Waals surface area contributed by atoms with Gasteiger partial charge in [-0.2, -0.15) is 0 Å². The van der Waals surface area contributed by atoms with Gasteiger partial charge in [0.15, 0.2) is 0 Å². The van der Waals surface area contributed by atoms with Gasteiger partial charge in [-0.1, -0.05) is 18.2 Å². The summed E-state index contributed by atoms with van der Waals surface area (Å²) in [5.41, 5.74) is 3.41. The van der Waals surface area contributed by atoms with E-state index in [1.807, 2.05) is 24.3 Å². The Morgan fingerprint density at radius 1 is 1.22 bits per heavy atom. The Hall–Kier alpha value is -3.12. The standard InChI is InChI=1S/C26H31N3O3/c1-18(30)29-25-10-9-21(17-28-25)22-5-2-6-23(26(22)31)24-16-20(4-3-15-32-24)8-7-19-11-13-27-14-12-19/h2,4-6,9-10,16-17,19,27,31H,3,7-8,11-15H2,1H3,(H,28,29,30). The van der Waals surface area contributed by atoms with E-state index in [0.29, 0.717) is 29.3 Å². The van der Waals surface area contributed by atoms with Crippen molar-refractivity contribution < 1.29 is 14.6 Å². The molecule has 6 nitrogen and oxygen atoms in total. The van der Waals surface area contributed by atoms with Crippen molar-refractivity contribution in [1.82, 2.24) is 10.3 Å². The van der Waals surface area contributed by atoms with Crippen molar-refractivity contribution in [2.24, 2.45) is 5.92 Å². The number of nitrogens with one attached hydrogen (secondary N) is 2. The molecule has 1 aromatic heterocycles. The van der Waals surface area contributed by atoms with Crippen LogP contribution in [0.5, 0.6) is 5.75 Å². The van der Waals surface area contributed by atoms with Crippen LogP contribution in [-0.2, 0) is 9.53 Å². The summed E-state index contributed by atoms with van der Waals surface area (Å²) >= 11 is 0. The Balaban J connectivity index is 1.54. The molecule has 0 saturated carbocycles. The number of hydrogen-bond acceptors (Lipinski definition) is 5. The van der Waals surface area contributed by atoms with Crippen LogP contribution in [0, 0.1) is 5.92 Å². The highest BCUT2D eigenvalue weighted by Crippen LogP contribution is 2.37. The number of pyridine rings is 1. The number of aromatic nitrogens is 1. The number of aromatic hydroxyl groups is 1. The number of nitrogens with zero attached hydrogens (tertiary/aromatic N) is 1. The van der Waals surface area contributed by atoms with Gasteiger partial charge in [-0.15, -0.1) is 0 Å². The number of carbonyl (C=O) groups excluding carboxylic acids is 1. The highest BCUT2D eigenvalue weighted by molar-refractivity contribution is 5.88. The monoisotopic (exact) mass is 433 g/mol. The van der Waals surface area contributed by atoms with Crippen LogP contribution >= 0.6 is 0 Å². The van der Waals surface area contributed by atoms with Crippen molar-refractivity contribution in [3.63, 3.8) is 0 Å². The van der Waals surface area contributed by atoms with Crippen LogP contribution < -0.4 is 10.6 Å². The molecule has 6 heteroatoms. The Labute approximate surface area is 189 Å². The number of phenolic OH excluding ortho intramolecular Hbond substituents is 1. The van der Waals surface area contributed by atoms with Crippen LogP contribution in [0.3, 0.4) is 0 Å². The third-order valence-electron chi connectivity index (χ3n) is 6.08. The van der Waals surface area contributed by atoms with E-state index in [1.165, 1.54) is 31.8 Å². The van der Waals surface area contributed by atoms with Crippen molar-refractivity contribution in [1.29, 1.82) is 0 Å². The molecule has 0 spiro atoms. The molecule has 1 saturated heterocycles. The molecule has 0 atom stereocenters. The molecule has 3 N–H and O–H groups in total. The van der Waals surface area contributed by atoms with E-state index in [2.05, 4.69) is 27.8 Å². The van der Waals surface area contributed by atoms with Crippen LogP contribution in [-0.4, -0.2) is 35.7 Å². The molecule has 1 fully saturated rings. The smallest absolute Gasteiger partial charge is 0.222 e. The van der Waals surface area contributed by atoms with E-state index in [-0.39, 0.29) is 11.7 Å². The maximum absolute atomic E-state index is 11.2. The van der Waals surface area contributed by atoms with E-state index in [9.17, 15) is 9.90 Å². The zero-order valence-electron chi connectivity index (χ0n) is 18.6. The maximum atomic E-state index is 11.2. The first-order valence-electron chi connectivity index (χ1n) is 11.4. The predicted molar refractivity (Wildman–Crippen MR) is 127 cm³/mol. The lowest BCUT2D eigenvalue weighted by atomic mass is 9.91. The number of piperidine rings is 1. The van der Waals surface area contributed by atoms with Crippen LogP contribution in [0.1, 0.15) is 44.6 Å². The number of benzene rings is 1. The first kappa shape index (κ1) is 22.1. The molecule has 168 valence electrons. The van der Waals surface area contributed by atoms with Gasteiger partial charge in [-0.3, -0.25) is 4.79 Å². The number of carbonyl (C=O) groups is 1. The van der Waals surface area contributed by atoms with E-state index < -0.39 is 0 Å². The number of para-hydroxylation sites is 1. The molecule has 2 aliphatic rings. The number of anilines is 1. The van der Waals surface area contributed by atoms with Crippen molar-refractivity contribution in [2.45, 2.75) is 39.0 Å². The topological polar surface area (TPSA) is 83.5 Å². The average molecular weight is 434 g/mol. The Bertz CT molecular complexity index is 1010. The number of hydrogen-bond donors (Lipinski definition) is 3. The zero-order valence-corrected chi connectivity index (χ0v) is 18.6. The summed E-state index contributed by atoms with van der Waals surface area (Å²) in [4.78, 5) is 15.5. The largest absolute Gasteiger partial charge is 0.507 e. The summed E-state index contributed by atoms with van der Waals surface area (Å²) < 4.78 is 6.02. The third kappa shape index (κ3) is 5.56. The van der Waals surface area contributed by atoms with Crippen molar-refractivity contribution >= 4 is 17.5 Å². The van der Waals surface area contributed by atoms with Crippen molar-refractivity contribution in [2.75, 3.05) is 25.0 Å². The fourth-order valence-electron chi connectivity index (χ4n) is 4.34. The lowest BCUT2D eigenvalue weighted by Gasteiger charge is -2.22. The van der Waals surface area contributed by atoms with Gasteiger partial charge in [-0.05, 0) is 81.0 Å². The predicted octanol–water partition coefficient (Wildman–Crippen LogP) is 4.88. The molecule has 0 unspecified atom stereocenters. The van der Waals surface area contributed by atoms with Gasteiger partial charge in [0.1, 0.15) is 17.3 Å². The van der Waals surface area contributed by atoms with E-state index in [0.717, 1.165) is 37.4 Å². The number of amides is 1. The fourth-order valence-corrected chi connectivity index (χ4v) is 4.34. The number of allylic oxidation sites excluding steroid dienone is 2. The quantitative estimate of drug-likeness (QED) is 0.605. The van der Waals surface area contributed by atoms with Gasteiger partial charge in [0, 0.05) is 24.2 Å². The highest BCUT2D eigenvalue weighted by Gasteiger charge is 2.18. The highest BCUT2D eigenvalue weighted by atomic mass is 16.5. The minimum atomic E-state index is -0.170. The van der Waals surface area contributed by atoms with Gasteiger partial charge in [0.2, 0.25) is 5.91 Å². The molecule has 2 aromatic rings. The molecule has 3 heterocycles. The molecular formula is C26H31N3O3. The summed E-state index contributed by atoms with van der Waals surface area (Å²) in [6.07, 6.45) is 11.6. The van der Waals surface area contributed by atoms with Crippen LogP contribution in [0.2, 0.25) is 0 Å². The van der Waals surface area contributed by atoms with Crippen molar-refractivity contribution in [3.8, 4) is 16.9 Å². The fraction of sp³-hybridized carbons (Fsp3) is 0.385. The van der Waals surface area contributed by atoms with Crippen LogP contribution in [0.4, 0.5) is 5.82 Å². The van der Waals surface area contributed by atoms with E-state index in [1.54, 1.807) is 12.3 Å². The van der Waals surface area contributed by atoms with E-state index in [4.69, 9.17) is 4.74 Å². The number of phenols is 1. The summed E-state index contributed by atoms with van der Waals surface area (Å²) in [5, 5.41) is 17.2. The molecule has 2 aliphatic heterocycles. The van der Waals surface area contributed by atoms with Gasteiger partial charge in [-0.25, -0.2) is 4.98 Å². The Morgan fingerprint density at radius 2 is 2.03 bits per heavy atom.